The van der Waals surface area contributed by atoms with E-state index in [0.29, 0.717) is 0 Å². The number of hydrogen-bond acceptors (Lipinski definition) is 2. The molecule has 0 rings (SSSR count). The van der Waals surface area contributed by atoms with Gasteiger partial charge in [0, 0.05) is 13.1 Å². The lowest BCUT2D eigenvalue weighted by Crippen LogP contribution is -2.55. The average Bonchev–Trinajstić information content (AvgIpc) is 2.22. The van der Waals surface area contributed by atoms with Gasteiger partial charge in [0.2, 0.25) is 6.04 Å². The molecule has 0 aromatic heterocycles. The summed E-state index contributed by atoms with van der Waals surface area (Å²) >= 11 is 0. The van der Waals surface area contributed by atoms with Crippen LogP contribution >= 0.6 is 0 Å². The summed E-state index contributed by atoms with van der Waals surface area (Å²) in [6, 6.07) is -4.01. The summed E-state index contributed by atoms with van der Waals surface area (Å²) in [6.07, 6.45) is -17.8. The van der Waals surface area contributed by atoms with E-state index >= 15 is 0 Å². The van der Waals surface area contributed by atoms with Crippen molar-refractivity contribution in [3.63, 3.8) is 0 Å². The lowest BCUT2D eigenvalue weighted by Gasteiger charge is -2.24. The molecule has 0 aromatic rings. The Hall–Kier alpha value is -1.34. The van der Waals surface area contributed by atoms with Crippen LogP contribution < -0.4 is 10.6 Å². The quantitative estimate of drug-likeness (QED) is 0.587. The molecule has 0 aliphatic heterocycles. The van der Waals surface area contributed by atoms with Crippen molar-refractivity contribution < 1.29 is 53.1 Å². The molecule has 2 N–H and O–H groups in total. The topological polar surface area (TPSA) is 41.1 Å². The maximum atomic E-state index is 12.4. The minimum Gasteiger partial charge on any atom is -0.349 e. The second kappa shape index (κ2) is 6.42. The van der Waals surface area contributed by atoms with E-state index in [2.05, 4.69) is 0 Å². The first kappa shape index (κ1) is 20.7. The molecule has 0 heterocycles. The van der Waals surface area contributed by atoms with E-state index in [0.717, 1.165) is 10.6 Å². The molecule has 0 aliphatic carbocycles. The molecule has 0 radical (unpaired) electrons. The molecule has 132 valence electrons. The second-order valence-corrected chi connectivity index (χ2v) is 3.80. The summed E-state index contributed by atoms with van der Waals surface area (Å²) in [7, 11) is 0. The van der Waals surface area contributed by atoms with Gasteiger partial charge in [-0.05, 0) is 0 Å². The molecule has 14 heteroatoms. The molecule has 0 aliphatic rings. The van der Waals surface area contributed by atoms with Crippen molar-refractivity contribution in [1.29, 1.82) is 0 Å². The predicted octanol–water partition coefficient (Wildman–Crippen LogP) is 2.38. The van der Waals surface area contributed by atoms with Crippen LogP contribution in [-0.2, 0) is 4.79 Å². The van der Waals surface area contributed by atoms with Crippen LogP contribution in [0, 0.1) is 0 Å². The van der Waals surface area contributed by atoms with Gasteiger partial charge in [-0.2, -0.15) is 48.3 Å². The molecule has 0 saturated heterocycles. The first-order valence-electron chi connectivity index (χ1n) is 5.11. The fourth-order valence-electron chi connectivity index (χ4n) is 1.05. The van der Waals surface area contributed by atoms with Crippen molar-refractivity contribution in [3.8, 4) is 0 Å². The van der Waals surface area contributed by atoms with E-state index in [-0.39, 0.29) is 0 Å². The van der Waals surface area contributed by atoms with Gasteiger partial charge in [-0.3, -0.25) is 10.1 Å². The van der Waals surface area contributed by atoms with Gasteiger partial charge in [0.15, 0.2) is 0 Å². The SMILES string of the molecule is O=C(NCCNC(C(F)(F)F)C(F)(F)F)C(F)(F)C(F)(F)F. The maximum absolute atomic E-state index is 12.4. The molecule has 0 fully saturated rings. The smallest absolute Gasteiger partial charge is 0.349 e. The molecule has 22 heavy (non-hydrogen) atoms. The zero-order valence-electron chi connectivity index (χ0n) is 10.1. The van der Waals surface area contributed by atoms with E-state index < -0.39 is 49.5 Å². The van der Waals surface area contributed by atoms with Crippen LogP contribution in [0.2, 0.25) is 0 Å². The molecular formula is C8H7F11N2O. The highest BCUT2D eigenvalue weighted by Gasteiger charge is 2.63. The molecule has 3 nitrogen and oxygen atoms in total. The summed E-state index contributed by atoms with van der Waals surface area (Å²) in [5.74, 6) is -8.71. The van der Waals surface area contributed by atoms with Crippen LogP contribution in [0.15, 0.2) is 0 Å². The Kier molecular flexibility index (Phi) is 6.03. The third-order valence-corrected chi connectivity index (χ3v) is 2.05. The van der Waals surface area contributed by atoms with E-state index in [4.69, 9.17) is 0 Å². The second-order valence-electron chi connectivity index (χ2n) is 3.80. The highest BCUT2D eigenvalue weighted by Crippen LogP contribution is 2.35. The first-order chi connectivity index (χ1) is 9.51. The van der Waals surface area contributed by atoms with Gasteiger partial charge >= 0.3 is 24.5 Å². The number of alkyl halides is 11. The van der Waals surface area contributed by atoms with Crippen molar-refractivity contribution in [2.45, 2.75) is 30.5 Å². The van der Waals surface area contributed by atoms with E-state index in [9.17, 15) is 53.1 Å². The lowest BCUT2D eigenvalue weighted by molar-refractivity contribution is -0.269. The summed E-state index contributed by atoms with van der Waals surface area (Å²) < 4.78 is 132. The Balaban J connectivity index is 4.52. The maximum Gasteiger partial charge on any atom is 0.463 e. The number of nitrogens with one attached hydrogen (secondary N) is 2. The lowest BCUT2D eigenvalue weighted by atomic mass is 10.2. The van der Waals surface area contributed by atoms with Crippen molar-refractivity contribution in [2.75, 3.05) is 13.1 Å². The Bertz CT molecular complexity index is 369. The third kappa shape index (κ3) is 5.46. The fraction of sp³-hybridized carbons (Fsp3) is 0.875. The molecule has 0 atom stereocenters. The molecule has 0 spiro atoms. The number of carbonyl (C=O) groups is 1. The van der Waals surface area contributed by atoms with Gasteiger partial charge < -0.3 is 5.32 Å². The monoisotopic (exact) mass is 356 g/mol. The minimum absolute atomic E-state index is 0.854. The van der Waals surface area contributed by atoms with Crippen molar-refractivity contribution >= 4 is 5.91 Å². The van der Waals surface area contributed by atoms with Crippen LogP contribution in [0.4, 0.5) is 48.3 Å². The van der Waals surface area contributed by atoms with Crippen LogP contribution in [0.25, 0.3) is 0 Å². The van der Waals surface area contributed by atoms with Gasteiger partial charge in [0.25, 0.3) is 5.91 Å². The largest absolute Gasteiger partial charge is 0.463 e. The number of hydrogen-bond donors (Lipinski definition) is 2. The van der Waals surface area contributed by atoms with Gasteiger partial charge in [0.05, 0.1) is 0 Å². The number of rotatable bonds is 5. The third-order valence-electron chi connectivity index (χ3n) is 2.05. The standard InChI is InChI=1S/C8H7F11N2O/c9-5(10,8(17,18)19)4(22)21-2-1-20-3(6(11,12)13)7(14,15)16/h3,20H,1-2H2,(H,21,22). The normalized spacial score (nSPS) is 14.4. The number of halogens is 11. The molecule has 0 unspecified atom stereocenters. The highest BCUT2D eigenvalue weighted by molar-refractivity contribution is 5.84. The van der Waals surface area contributed by atoms with Crippen molar-refractivity contribution in [2.24, 2.45) is 0 Å². The molecule has 0 saturated carbocycles. The molecule has 0 aromatic carbocycles. The van der Waals surface area contributed by atoms with Gasteiger partial charge in [0.1, 0.15) is 0 Å². The minimum atomic E-state index is -6.25. The van der Waals surface area contributed by atoms with Crippen molar-refractivity contribution in [3.05, 3.63) is 0 Å². The molecule has 1 amide bonds. The zero-order valence-corrected chi connectivity index (χ0v) is 10.1. The van der Waals surface area contributed by atoms with Crippen LogP contribution in [0.1, 0.15) is 0 Å². The summed E-state index contributed by atoms with van der Waals surface area (Å²) in [5.41, 5.74) is 0. The first-order valence-corrected chi connectivity index (χ1v) is 5.11. The summed E-state index contributed by atoms with van der Waals surface area (Å²) in [5, 5.41) is 1.74. The Morgan fingerprint density at radius 2 is 1.18 bits per heavy atom. The summed E-state index contributed by atoms with van der Waals surface area (Å²) in [6.45, 7) is -2.66. The number of amides is 1. The van der Waals surface area contributed by atoms with Crippen LogP contribution in [0.5, 0.6) is 0 Å². The fourth-order valence-corrected chi connectivity index (χ4v) is 1.05. The molecular weight excluding hydrogens is 349 g/mol. The number of carbonyl (C=O) groups excluding carboxylic acids is 1. The van der Waals surface area contributed by atoms with Gasteiger partial charge in [-0.1, -0.05) is 0 Å². The zero-order chi connectivity index (χ0) is 18.0. The van der Waals surface area contributed by atoms with Crippen LogP contribution in [0.3, 0.4) is 0 Å². The van der Waals surface area contributed by atoms with Gasteiger partial charge in [-0.15, -0.1) is 0 Å². The Labute approximate surface area is 114 Å². The van der Waals surface area contributed by atoms with E-state index in [1.54, 1.807) is 0 Å². The van der Waals surface area contributed by atoms with Crippen molar-refractivity contribution in [1.82, 2.24) is 10.6 Å². The van der Waals surface area contributed by atoms with Crippen LogP contribution in [-0.4, -0.2) is 49.5 Å². The average molecular weight is 356 g/mol. The summed E-state index contributed by atoms with van der Waals surface area (Å²) in [4.78, 5) is 10.5. The van der Waals surface area contributed by atoms with E-state index in [1.165, 1.54) is 0 Å². The highest BCUT2D eigenvalue weighted by atomic mass is 19.4. The predicted molar refractivity (Wildman–Crippen MR) is 47.9 cm³/mol. The molecule has 0 bridgehead atoms. The Morgan fingerprint density at radius 3 is 1.50 bits per heavy atom. The van der Waals surface area contributed by atoms with Gasteiger partial charge in [-0.25, -0.2) is 0 Å². The van der Waals surface area contributed by atoms with E-state index in [1.807, 2.05) is 0 Å². The Morgan fingerprint density at radius 1 is 0.773 bits per heavy atom.